The fourth-order valence-corrected chi connectivity index (χ4v) is 3.66. The van der Waals surface area contributed by atoms with Gasteiger partial charge in [0.05, 0.1) is 6.10 Å². The lowest BCUT2D eigenvalue weighted by molar-refractivity contribution is 0.0251. The first-order valence-corrected chi connectivity index (χ1v) is 8.52. The number of hydrogen-bond donors (Lipinski definition) is 1. The van der Waals surface area contributed by atoms with Crippen molar-refractivity contribution < 1.29 is 5.11 Å². The first kappa shape index (κ1) is 16.8. The lowest BCUT2D eigenvalue weighted by Crippen LogP contribution is -2.38. The van der Waals surface area contributed by atoms with Crippen molar-refractivity contribution in [2.75, 3.05) is 13.6 Å². The van der Waals surface area contributed by atoms with Crippen LogP contribution in [0.2, 0.25) is 5.02 Å². The summed E-state index contributed by atoms with van der Waals surface area (Å²) < 4.78 is 0. The minimum absolute atomic E-state index is 0.137. The zero-order valence-electron chi connectivity index (χ0n) is 13.4. The predicted octanol–water partition coefficient (Wildman–Crippen LogP) is 4.52. The van der Waals surface area contributed by atoms with E-state index < -0.39 is 0 Å². The van der Waals surface area contributed by atoms with Gasteiger partial charge in [-0.05, 0) is 62.8 Å². The highest BCUT2D eigenvalue weighted by molar-refractivity contribution is 6.30. The van der Waals surface area contributed by atoms with Crippen LogP contribution in [0.5, 0.6) is 0 Å². The minimum Gasteiger partial charge on any atom is -0.393 e. The normalized spacial score (nSPS) is 27.8. The molecule has 0 heterocycles. The van der Waals surface area contributed by atoms with Crippen molar-refractivity contribution in [3.8, 4) is 0 Å². The molecule has 1 aliphatic rings. The van der Waals surface area contributed by atoms with E-state index in [-0.39, 0.29) is 6.10 Å². The third-order valence-corrected chi connectivity index (χ3v) is 5.38. The van der Waals surface area contributed by atoms with Crippen molar-refractivity contribution in [3.63, 3.8) is 0 Å². The summed E-state index contributed by atoms with van der Waals surface area (Å²) in [6, 6.07) is 8.39. The third-order valence-electron chi connectivity index (χ3n) is 5.14. The molecule has 0 spiro atoms. The highest BCUT2D eigenvalue weighted by Gasteiger charge is 2.30. The van der Waals surface area contributed by atoms with E-state index in [0.717, 1.165) is 30.3 Å². The Hall–Kier alpha value is -0.570. The van der Waals surface area contributed by atoms with Gasteiger partial charge in [0.1, 0.15) is 0 Å². The van der Waals surface area contributed by atoms with Crippen LogP contribution in [0, 0.1) is 11.8 Å². The summed E-state index contributed by atoms with van der Waals surface area (Å²) in [6.45, 7) is 5.42. The van der Waals surface area contributed by atoms with Gasteiger partial charge in [-0.15, -0.1) is 0 Å². The highest BCUT2D eigenvalue weighted by atomic mass is 35.5. The fourth-order valence-electron chi connectivity index (χ4n) is 3.46. The molecule has 21 heavy (non-hydrogen) atoms. The number of nitrogens with zero attached hydrogens (tertiary/aromatic N) is 1. The Morgan fingerprint density at radius 3 is 2.81 bits per heavy atom. The number of hydrogen-bond acceptors (Lipinski definition) is 2. The lowest BCUT2D eigenvalue weighted by atomic mass is 9.78. The molecule has 1 aliphatic carbocycles. The highest BCUT2D eigenvalue weighted by Crippen LogP contribution is 2.33. The summed E-state index contributed by atoms with van der Waals surface area (Å²) in [5, 5.41) is 11.1. The smallest absolute Gasteiger partial charge is 0.0580 e. The summed E-state index contributed by atoms with van der Waals surface area (Å²) in [7, 11) is 2.15. The Morgan fingerprint density at radius 2 is 2.14 bits per heavy atom. The molecular weight excluding hydrogens is 282 g/mol. The molecule has 2 nitrogen and oxygen atoms in total. The fraction of sp³-hybridized carbons (Fsp3) is 0.667. The van der Waals surface area contributed by atoms with E-state index in [9.17, 15) is 5.11 Å². The maximum Gasteiger partial charge on any atom is 0.0580 e. The van der Waals surface area contributed by atoms with Crippen LogP contribution >= 0.6 is 11.6 Å². The van der Waals surface area contributed by atoms with Crippen LogP contribution in [-0.4, -0.2) is 29.7 Å². The van der Waals surface area contributed by atoms with E-state index in [1.807, 2.05) is 18.2 Å². The summed E-state index contributed by atoms with van der Waals surface area (Å²) in [6.07, 6.45) is 4.40. The van der Waals surface area contributed by atoms with Gasteiger partial charge in [-0.3, -0.25) is 4.90 Å². The summed E-state index contributed by atoms with van der Waals surface area (Å²) in [4.78, 5) is 2.34. The van der Waals surface area contributed by atoms with E-state index in [0.29, 0.717) is 12.0 Å². The van der Waals surface area contributed by atoms with E-state index in [1.54, 1.807) is 0 Å². The molecule has 1 N–H and O–H groups in total. The van der Waals surface area contributed by atoms with Gasteiger partial charge in [0.15, 0.2) is 0 Å². The number of benzene rings is 1. The average molecular weight is 310 g/mol. The zero-order chi connectivity index (χ0) is 15.4. The molecule has 0 aliphatic heterocycles. The van der Waals surface area contributed by atoms with E-state index in [2.05, 4.69) is 31.9 Å². The van der Waals surface area contributed by atoms with Crippen LogP contribution in [0.4, 0.5) is 0 Å². The molecule has 3 heteroatoms. The molecule has 1 aromatic carbocycles. The van der Waals surface area contributed by atoms with Crippen molar-refractivity contribution in [2.45, 2.75) is 51.7 Å². The Labute approximate surface area is 134 Å². The molecule has 4 unspecified atom stereocenters. The summed E-state index contributed by atoms with van der Waals surface area (Å²) in [5.41, 5.74) is 1.24. The van der Waals surface area contributed by atoms with Crippen LogP contribution in [0.3, 0.4) is 0 Å². The largest absolute Gasteiger partial charge is 0.393 e. The van der Waals surface area contributed by atoms with Gasteiger partial charge in [-0.25, -0.2) is 0 Å². The van der Waals surface area contributed by atoms with Gasteiger partial charge >= 0.3 is 0 Å². The van der Waals surface area contributed by atoms with Gasteiger partial charge in [0.25, 0.3) is 0 Å². The molecule has 1 saturated carbocycles. The van der Waals surface area contributed by atoms with Crippen LogP contribution in [0.25, 0.3) is 0 Å². The van der Waals surface area contributed by atoms with Crippen molar-refractivity contribution in [2.24, 2.45) is 11.8 Å². The van der Waals surface area contributed by atoms with Crippen molar-refractivity contribution in [1.29, 1.82) is 0 Å². The van der Waals surface area contributed by atoms with Gasteiger partial charge in [-0.2, -0.15) is 0 Å². The number of rotatable bonds is 5. The number of aliphatic hydroxyl groups is 1. The SMILES string of the molecule is CCC1CCC(O)C(CN(C)C(C)c2cccc(Cl)c2)C1. The number of halogens is 1. The second kappa shape index (κ2) is 7.62. The first-order valence-electron chi connectivity index (χ1n) is 8.15. The first-order chi connectivity index (χ1) is 10.0. The van der Waals surface area contributed by atoms with E-state index in [4.69, 9.17) is 11.6 Å². The average Bonchev–Trinajstić information content (AvgIpc) is 2.48. The molecule has 0 aromatic heterocycles. The molecule has 0 amide bonds. The second-order valence-corrected chi connectivity index (χ2v) is 7.02. The molecule has 0 bridgehead atoms. The van der Waals surface area contributed by atoms with Crippen LogP contribution in [-0.2, 0) is 0 Å². The summed E-state index contributed by atoms with van der Waals surface area (Å²) >= 11 is 6.09. The van der Waals surface area contributed by atoms with Crippen LogP contribution in [0.15, 0.2) is 24.3 Å². The quantitative estimate of drug-likeness (QED) is 0.864. The van der Waals surface area contributed by atoms with E-state index >= 15 is 0 Å². The Bertz CT molecular complexity index is 451. The maximum absolute atomic E-state index is 10.3. The number of aliphatic hydroxyl groups excluding tert-OH is 1. The zero-order valence-corrected chi connectivity index (χ0v) is 14.2. The molecular formula is C18H28ClNO. The van der Waals surface area contributed by atoms with Crippen molar-refractivity contribution >= 4 is 11.6 Å². The van der Waals surface area contributed by atoms with Gasteiger partial charge in [-0.1, -0.05) is 37.1 Å². The predicted molar refractivity (Wildman–Crippen MR) is 89.6 cm³/mol. The lowest BCUT2D eigenvalue weighted by Gasteiger charge is -2.37. The molecule has 118 valence electrons. The monoisotopic (exact) mass is 309 g/mol. The molecule has 0 radical (unpaired) electrons. The standard InChI is InChI=1S/C18H28ClNO/c1-4-14-8-9-18(21)16(10-14)12-20(3)13(2)15-6-5-7-17(19)11-15/h5-7,11,13-14,16,18,21H,4,8-10,12H2,1-3H3. The molecule has 2 rings (SSSR count). The topological polar surface area (TPSA) is 23.5 Å². The van der Waals surface area contributed by atoms with E-state index in [1.165, 1.54) is 18.4 Å². The Balaban J connectivity index is 1.97. The van der Waals surface area contributed by atoms with Gasteiger partial charge < -0.3 is 5.11 Å². The van der Waals surface area contributed by atoms with Gasteiger partial charge in [0.2, 0.25) is 0 Å². The van der Waals surface area contributed by atoms with Crippen LogP contribution in [0.1, 0.15) is 51.1 Å². The van der Waals surface area contributed by atoms with Crippen molar-refractivity contribution in [1.82, 2.24) is 4.90 Å². The Kier molecular flexibility index (Phi) is 6.09. The second-order valence-electron chi connectivity index (χ2n) is 6.59. The summed E-state index contributed by atoms with van der Waals surface area (Å²) in [5.74, 6) is 1.18. The van der Waals surface area contributed by atoms with Crippen molar-refractivity contribution in [3.05, 3.63) is 34.9 Å². The molecule has 4 atom stereocenters. The van der Waals surface area contributed by atoms with Crippen LogP contribution < -0.4 is 0 Å². The molecule has 1 fully saturated rings. The third kappa shape index (κ3) is 4.45. The van der Waals surface area contributed by atoms with Gasteiger partial charge in [0, 0.05) is 17.6 Å². The molecule has 0 saturated heterocycles. The minimum atomic E-state index is -0.137. The Morgan fingerprint density at radius 1 is 1.38 bits per heavy atom. The maximum atomic E-state index is 10.3. The molecule has 1 aromatic rings.